The molecule has 1 atom stereocenters. The van der Waals surface area contributed by atoms with E-state index in [0.717, 1.165) is 5.56 Å². The predicted octanol–water partition coefficient (Wildman–Crippen LogP) is 5.26. The van der Waals surface area contributed by atoms with Crippen molar-refractivity contribution < 1.29 is 4.79 Å². The number of nitrogen functional groups attached to an aromatic ring is 1. The van der Waals surface area contributed by atoms with Crippen LogP contribution in [-0.2, 0) is 4.79 Å². The molecular weight excluding hydrogens is 502 g/mol. The van der Waals surface area contributed by atoms with E-state index in [2.05, 4.69) is 20.6 Å². The van der Waals surface area contributed by atoms with Crippen molar-refractivity contribution in [1.29, 1.82) is 0 Å². The fourth-order valence-corrected chi connectivity index (χ4v) is 4.83. The first kappa shape index (κ1) is 28.5. The molecule has 0 fully saturated rings. The van der Waals surface area contributed by atoms with E-state index in [1.807, 2.05) is 97.0 Å². The highest BCUT2D eigenvalue weighted by molar-refractivity contribution is 5.96. The molecule has 0 radical (unpaired) electrons. The van der Waals surface area contributed by atoms with Crippen molar-refractivity contribution in [1.82, 2.24) is 24.8 Å². The van der Waals surface area contributed by atoms with Gasteiger partial charge in [-0.2, -0.15) is 4.98 Å². The first-order valence-corrected chi connectivity index (χ1v) is 13.4. The molecule has 0 aliphatic carbocycles. The number of aryl methyl sites for hydroxylation is 2. The van der Waals surface area contributed by atoms with Gasteiger partial charge in [-0.1, -0.05) is 37.3 Å². The largest absolute Gasteiger partial charge is 0.368 e. The van der Waals surface area contributed by atoms with Gasteiger partial charge in [-0.25, -0.2) is 9.97 Å². The van der Waals surface area contributed by atoms with Crippen molar-refractivity contribution in [2.75, 3.05) is 11.1 Å². The van der Waals surface area contributed by atoms with E-state index in [1.165, 1.54) is 6.08 Å². The maximum Gasteiger partial charge on any atom is 0.266 e. The van der Waals surface area contributed by atoms with E-state index >= 15 is 0 Å². The summed E-state index contributed by atoms with van der Waals surface area (Å²) in [5, 5.41) is 7.02. The number of nitrogens with two attached hydrogens (primary N) is 1. The summed E-state index contributed by atoms with van der Waals surface area (Å²) >= 11 is 0. The Kier molecular flexibility index (Phi) is 8.04. The van der Waals surface area contributed by atoms with Gasteiger partial charge in [-0.3, -0.25) is 14.2 Å². The quantitative estimate of drug-likeness (QED) is 0.274. The Morgan fingerprint density at radius 2 is 1.75 bits per heavy atom. The van der Waals surface area contributed by atoms with Crippen LogP contribution in [0.2, 0.25) is 0 Å². The molecule has 9 nitrogen and oxygen atoms in total. The van der Waals surface area contributed by atoms with E-state index in [1.54, 1.807) is 4.57 Å². The van der Waals surface area contributed by atoms with Crippen LogP contribution in [0, 0.1) is 13.8 Å². The number of para-hydroxylation sites is 1. The zero-order valence-corrected chi connectivity index (χ0v) is 24.2. The van der Waals surface area contributed by atoms with E-state index in [0.29, 0.717) is 51.5 Å². The van der Waals surface area contributed by atoms with Gasteiger partial charge in [0.1, 0.15) is 11.6 Å². The molecule has 1 amide bonds. The highest BCUT2D eigenvalue weighted by Crippen LogP contribution is 2.30. The van der Waals surface area contributed by atoms with Crippen molar-refractivity contribution in [3.63, 3.8) is 0 Å². The molecule has 0 saturated heterocycles. The summed E-state index contributed by atoms with van der Waals surface area (Å²) in [7, 11) is 0. The number of rotatable bonds is 7. The Morgan fingerprint density at radius 1 is 1.05 bits per heavy atom. The second-order valence-corrected chi connectivity index (χ2v) is 11.0. The molecule has 0 aliphatic rings. The number of amides is 1. The Bertz CT molecular complexity index is 1650. The number of benzene rings is 2. The van der Waals surface area contributed by atoms with Gasteiger partial charge in [-0.05, 0) is 77.3 Å². The number of carbonyl (C=O) groups is 1. The summed E-state index contributed by atoms with van der Waals surface area (Å²) in [5.41, 5.74) is 9.74. The first-order valence-electron chi connectivity index (χ1n) is 13.4. The summed E-state index contributed by atoms with van der Waals surface area (Å²) in [4.78, 5) is 40.5. The first-order chi connectivity index (χ1) is 18.9. The lowest BCUT2D eigenvalue weighted by atomic mass is 10.0. The zero-order chi connectivity index (χ0) is 29.2. The third-order valence-electron chi connectivity index (χ3n) is 6.52. The number of nitrogens with zero attached hydrogens (tertiary/aromatic N) is 4. The van der Waals surface area contributed by atoms with Gasteiger partial charge in [0.25, 0.3) is 5.56 Å². The average molecular weight is 540 g/mol. The van der Waals surface area contributed by atoms with Crippen molar-refractivity contribution in [3.05, 3.63) is 87.6 Å². The molecule has 0 aliphatic heterocycles. The van der Waals surface area contributed by atoms with E-state index in [-0.39, 0.29) is 23.0 Å². The second-order valence-electron chi connectivity index (χ2n) is 11.0. The SMILES string of the molecule is CCC(Nc1nc(N)nc(C)c1/C(C)=C/C(=O)NC(C)(C)C)c1nc2cccc(C)c2c(=O)n1-c1ccccc1. The van der Waals surface area contributed by atoms with Gasteiger partial charge in [0.2, 0.25) is 11.9 Å². The van der Waals surface area contributed by atoms with E-state index in [9.17, 15) is 9.59 Å². The lowest BCUT2D eigenvalue weighted by Gasteiger charge is -2.24. The van der Waals surface area contributed by atoms with Gasteiger partial charge >= 0.3 is 0 Å². The van der Waals surface area contributed by atoms with Crippen LogP contribution in [0.15, 0.2) is 59.4 Å². The summed E-state index contributed by atoms with van der Waals surface area (Å²) < 4.78 is 1.66. The van der Waals surface area contributed by atoms with Crippen LogP contribution in [0.25, 0.3) is 22.2 Å². The van der Waals surface area contributed by atoms with Crippen LogP contribution in [0.1, 0.15) is 69.7 Å². The van der Waals surface area contributed by atoms with Crippen LogP contribution < -0.4 is 21.9 Å². The van der Waals surface area contributed by atoms with Crippen molar-refractivity contribution in [2.45, 2.75) is 66.5 Å². The monoisotopic (exact) mass is 539 g/mol. The van der Waals surface area contributed by atoms with Gasteiger partial charge in [0.05, 0.1) is 28.3 Å². The second kappa shape index (κ2) is 11.3. The molecule has 4 rings (SSSR count). The minimum atomic E-state index is -0.415. The number of nitrogens with one attached hydrogen (secondary N) is 2. The Morgan fingerprint density at radius 3 is 2.40 bits per heavy atom. The number of aromatic nitrogens is 4. The van der Waals surface area contributed by atoms with E-state index < -0.39 is 6.04 Å². The molecule has 2 aromatic heterocycles. The minimum Gasteiger partial charge on any atom is -0.368 e. The fourth-order valence-electron chi connectivity index (χ4n) is 4.83. The molecule has 0 bridgehead atoms. The van der Waals surface area contributed by atoms with Crippen LogP contribution >= 0.6 is 0 Å². The number of hydrogen-bond donors (Lipinski definition) is 3. The number of carbonyl (C=O) groups excluding carboxylic acids is 1. The van der Waals surface area contributed by atoms with Crippen LogP contribution in [0.3, 0.4) is 0 Å². The predicted molar refractivity (Wildman–Crippen MR) is 161 cm³/mol. The maximum absolute atomic E-state index is 14.0. The van der Waals surface area contributed by atoms with Crippen molar-refractivity contribution in [3.8, 4) is 5.69 Å². The number of hydrogen-bond acceptors (Lipinski definition) is 7. The Hall–Kier alpha value is -4.53. The van der Waals surface area contributed by atoms with Crippen molar-refractivity contribution in [2.24, 2.45) is 0 Å². The number of fused-ring (bicyclic) bond motifs is 1. The van der Waals surface area contributed by atoms with Crippen LogP contribution in [-0.4, -0.2) is 31.0 Å². The van der Waals surface area contributed by atoms with Gasteiger partial charge in [0, 0.05) is 17.2 Å². The fraction of sp³-hybridized carbons (Fsp3) is 0.323. The summed E-state index contributed by atoms with van der Waals surface area (Å²) in [6, 6.07) is 14.7. The van der Waals surface area contributed by atoms with Crippen LogP contribution in [0.5, 0.6) is 0 Å². The highest BCUT2D eigenvalue weighted by Gasteiger charge is 2.24. The molecule has 0 spiro atoms. The van der Waals surface area contributed by atoms with Gasteiger partial charge in [-0.15, -0.1) is 0 Å². The number of anilines is 2. The summed E-state index contributed by atoms with van der Waals surface area (Å²) in [6.45, 7) is 13.4. The summed E-state index contributed by atoms with van der Waals surface area (Å²) in [5.74, 6) is 0.897. The maximum atomic E-state index is 14.0. The molecule has 1 unspecified atom stereocenters. The Balaban J connectivity index is 1.88. The molecular formula is C31H37N7O2. The molecule has 4 N–H and O–H groups in total. The standard InChI is InChI=1S/C31H37N7O2/c1-8-22(34-27-25(20(4)33-30(32)36-27)19(3)17-24(39)37-31(5,6)7)28-35-23-16-12-13-18(2)26(23)29(40)38(28)21-14-10-9-11-15-21/h9-17,22H,8H2,1-7H3,(H,37,39)(H3,32,33,34,36)/b19-17+. The van der Waals surface area contributed by atoms with Gasteiger partial charge in [0.15, 0.2) is 0 Å². The summed E-state index contributed by atoms with van der Waals surface area (Å²) in [6.07, 6.45) is 2.13. The smallest absolute Gasteiger partial charge is 0.266 e. The molecule has 9 heteroatoms. The zero-order valence-electron chi connectivity index (χ0n) is 24.2. The molecule has 4 aromatic rings. The molecule has 0 saturated carbocycles. The normalized spacial score (nSPS) is 12.8. The molecule has 208 valence electrons. The lowest BCUT2D eigenvalue weighted by molar-refractivity contribution is -0.117. The molecule has 2 heterocycles. The average Bonchev–Trinajstić information content (AvgIpc) is 2.86. The van der Waals surface area contributed by atoms with Crippen LogP contribution in [0.4, 0.5) is 11.8 Å². The molecule has 2 aromatic carbocycles. The van der Waals surface area contributed by atoms with E-state index in [4.69, 9.17) is 10.7 Å². The van der Waals surface area contributed by atoms with Crippen molar-refractivity contribution >= 4 is 34.1 Å². The highest BCUT2D eigenvalue weighted by atomic mass is 16.1. The van der Waals surface area contributed by atoms with Gasteiger partial charge < -0.3 is 16.4 Å². The minimum absolute atomic E-state index is 0.105. The third-order valence-corrected chi connectivity index (χ3v) is 6.52. The third kappa shape index (κ3) is 6.03. The number of allylic oxidation sites excluding steroid dienone is 1. The topological polar surface area (TPSA) is 128 Å². The lowest BCUT2D eigenvalue weighted by Crippen LogP contribution is -2.39. The Labute approximate surface area is 234 Å². The molecule has 40 heavy (non-hydrogen) atoms.